The van der Waals surface area contributed by atoms with Gasteiger partial charge in [0, 0.05) is 29.7 Å². The Morgan fingerprint density at radius 1 is 1.05 bits per heavy atom. The molecule has 0 bridgehead atoms. The molecule has 0 radical (unpaired) electrons. The first-order valence-electron chi connectivity index (χ1n) is 11.8. The maximum atomic E-state index is 9.14. The van der Waals surface area contributed by atoms with Gasteiger partial charge in [-0.3, -0.25) is 0 Å². The van der Waals surface area contributed by atoms with Crippen molar-refractivity contribution in [2.24, 2.45) is 0 Å². The highest BCUT2D eigenvalue weighted by Gasteiger charge is 2.50. The number of methoxy groups -OCH3 is 2. The highest BCUT2D eigenvalue weighted by atomic mass is 35.5. The van der Waals surface area contributed by atoms with Crippen molar-refractivity contribution < 1.29 is 14.2 Å². The van der Waals surface area contributed by atoms with E-state index in [2.05, 4.69) is 6.07 Å². The topological polar surface area (TPSA) is 67.6 Å². The quantitative estimate of drug-likeness (QED) is 0.260. The van der Waals surface area contributed by atoms with Gasteiger partial charge in [0.1, 0.15) is 17.2 Å². The van der Waals surface area contributed by atoms with E-state index in [1.807, 2.05) is 79.5 Å². The lowest BCUT2D eigenvalue weighted by molar-refractivity contribution is 0.151. The third kappa shape index (κ3) is 4.07. The van der Waals surface area contributed by atoms with E-state index in [0.29, 0.717) is 35.2 Å². The van der Waals surface area contributed by atoms with Crippen LogP contribution in [0.1, 0.15) is 28.0 Å². The number of para-hydroxylation sites is 1. The number of aromatic nitrogens is 1. The number of benzene rings is 3. The van der Waals surface area contributed by atoms with E-state index in [-0.39, 0.29) is 0 Å². The van der Waals surface area contributed by atoms with Crippen molar-refractivity contribution in [1.29, 1.82) is 5.26 Å². The van der Waals surface area contributed by atoms with Gasteiger partial charge in [0.25, 0.3) is 0 Å². The van der Waals surface area contributed by atoms with Gasteiger partial charge < -0.3 is 19.1 Å². The van der Waals surface area contributed by atoms with Crippen molar-refractivity contribution in [2.45, 2.75) is 18.9 Å². The minimum Gasteiger partial charge on any atom is -0.496 e. The van der Waals surface area contributed by atoms with E-state index in [1.165, 1.54) is 11.3 Å². The lowest BCUT2D eigenvalue weighted by Crippen LogP contribution is -2.38. The Morgan fingerprint density at radius 2 is 1.78 bits per heavy atom. The van der Waals surface area contributed by atoms with Crippen LogP contribution in [0.2, 0.25) is 5.02 Å². The molecular weight excluding hydrogens is 506 g/mol. The number of hydrogen-bond donors (Lipinski definition) is 0. The fraction of sp³-hybridized carbons (Fsp3) is 0.241. The SMILES string of the molecule is COc1cc(C2(c3ccccc3Cl)Oc3ccccc3-c3nc(N(C)CCC#N)sc32)c(OC)cc1C. The summed E-state index contributed by atoms with van der Waals surface area (Å²) in [7, 11) is 5.25. The van der Waals surface area contributed by atoms with E-state index < -0.39 is 5.60 Å². The summed E-state index contributed by atoms with van der Waals surface area (Å²) in [6.45, 7) is 2.54. The zero-order valence-corrected chi connectivity index (χ0v) is 22.6. The number of ether oxygens (including phenoxy) is 3. The van der Waals surface area contributed by atoms with Crippen LogP contribution in [0, 0.1) is 18.3 Å². The van der Waals surface area contributed by atoms with Crippen LogP contribution in [0.5, 0.6) is 17.2 Å². The first-order chi connectivity index (χ1) is 17.9. The Labute approximate surface area is 225 Å². The zero-order valence-electron chi connectivity index (χ0n) is 21.0. The molecule has 1 aliphatic heterocycles. The van der Waals surface area contributed by atoms with Crippen molar-refractivity contribution in [3.8, 4) is 34.6 Å². The summed E-state index contributed by atoms with van der Waals surface area (Å²) in [4.78, 5) is 7.95. The minimum atomic E-state index is -1.17. The van der Waals surface area contributed by atoms with Crippen LogP contribution in [0.3, 0.4) is 0 Å². The van der Waals surface area contributed by atoms with E-state index in [0.717, 1.165) is 38.0 Å². The molecule has 8 heteroatoms. The van der Waals surface area contributed by atoms with Gasteiger partial charge in [-0.2, -0.15) is 5.26 Å². The maximum absolute atomic E-state index is 9.14. The molecule has 188 valence electrons. The number of nitriles is 1. The molecule has 2 heterocycles. The largest absolute Gasteiger partial charge is 0.496 e. The standard InChI is InChI=1S/C29H26ClN3O3S/c1-18-16-25(35-4)21(17-24(18)34-3)29(20-11-6-7-12-22(20)30)27-26(19-10-5-8-13-23(19)36-29)32-28(37-27)33(2)15-9-14-31/h5-8,10-13,16-17H,9,15H2,1-4H3. The Bertz CT molecular complexity index is 1510. The first-order valence-corrected chi connectivity index (χ1v) is 13.0. The van der Waals surface area contributed by atoms with Gasteiger partial charge in [-0.05, 0) is 42.8 Å². The summed E-state index contributed by atoms with van der Waals surface area (Å²) in [6, 6.07) is 21.7. The summed E-state index contributed by atoms with van der Waals surface area (Å²) in [5, 5.41) is 10.5. The van der Waals surface area contributed by atoms with Gasteiger partial charge in [-0.1, -0.05) is 53.3 Å². The van der Waals surface area contributed by atoms with Crippen molar-refractivity contribution >= 4 is 28.1 Å². The molecule has 0 aliphatic carbocycles. The molecule has 1 unspecified atom stereocenters. The zero-order chi connectivity index (χ0) is 26.2. The number of hydrogen-bond acceptors (Lipinski definition) is 7. The van der Waals surface area contributed by atoms with E-state index >= 15 is 0 Å². The normalized spacial score (nSPS) is 15.7. The number of anilines is 1. The number of rotatable bonds is 7. The Kier molecular flexibility index (Phi) is 6.72. The van der Waals surface area contributed by atoms with Crippen molar-refractivity contribution in [3.63, 3.8) is 0 Å². The van der Waals surface area contributed by atoms with Gasteiger partial charge in [0.15, 0.2) is 5.13 Å². The highest BCUT2D eigenvalue weighted by molar-refractivity contribution is 7.16. The van der Waals surface area contributed by atoms with Gasteiger partial charge in [-0.15, -0.1) is 0 Å². The number of nitrogens with zero attached hydrogens (tertiary/aromatic N) is 3. The monoisotopic (exact) mass is 531 g/mol. The predicted octanol–water partition coefficient (Wildman–Crippen LogP) is 6.82. The molecule has 0 amide bonds. The summed E-state index contributed by atoms with van der Waals surface area (Å²) in [5.41, 5.74) is 3.01. The van der Waals surface area contributed by atoms with Gasteiger partial charge in [0.2, 0.25) is 5.60 Å². The molecule has 6 nitrogen and oxygen atoms in total. The van der Waals surface area contributed by atoms with Gasteiger partial charge >= 0.3 is 0 Å². The maximum Gasteiger partial charge on any atom is 0.201 e. The minimum absolute atomic E-state index is 0.395. The van der Waals surface area contributed by atoms with Crippen LogP contribution in [0.15, 0.2) is 60.7 Å². The van der Waals surface area contributed by atoms with E-state index in [1.54, 1.807) is 14.2 Å². The smallest absolute Gasteiger partial charge is 0.201 e. The molecule has 0 spiro atoms. The van der Waals surface area contributed by atoms with Crippen molar-refractivity contribution in [3.05, 3.63) is 87.3 Å². The summed E-state index contributed by atoms with van der Waals surface area (Å²) >= 11 is 8.44. The second-order valence-corrected chi connectivity index (χ2v) is 10.2. The number of aryl methyl sites for hydroxylation is 1. The fourth-order valence-corrected chi connectivity index (χ4v) is 6.23. The van der Waals surface area contributed by atoms with Crippen LogP contribution in [0.25, 0.3) is 11.3 Å². The Morgan fingerprint density at radius 3 is 2.51 bits per heavy atom. The van der Waals surface area contributed by atoms with Crippen molar-refractivity contribution in [1.82, 2.24) is 4.98 Å². The molecule has 0 saturated heterocycles. The molecule has 0 N–H and O–H groups in total. The average molecular weight is 532 g/mol. The number of halogens is 1. The molecule has 1 aromatic heterocycles. The molecule has 1 aliphatic rings. The summed E-state index contributed by atoms with van der Waals surface area (Å²) < 4.78 is 18.7. The fourth-order valence-electron chi connectivity index (χ4n) is 4.74. The molecule has 5 rings (SSSR count). The molecule has 37 heavy (non-hydrogen) atoms. The third-order valence-electron chi connectivity index (χ3n) is 6.58. The van der Waals surface area contributed by atoms with E-state index in [4.69, 9.17) is 36.1 Å². The van der Waals surface area contributed by atoms with Crippen LogP contribution < -0.4 is 19.1 Å². The third-order valence-corrected chi connectivity index (χ3v) is 8.18. The predicted molar refractivity (Wildman–Crippen MR) is 147 cm³/mol. The van der Waals surface area contributed by atoms with Crippen LogP contribution in [0.4, 0.5) is 5.13 Å². The molecule has 0 saturated carbocycles. The number of thiazole rings is 1. The highest BCUT2D eigenvalue weighted by Crippen LogP contribution is 2.57. The first kappa shape index (κ1) is 24.9. The van der Waals surface area contributed by atoms with E-state index in [9.17, 15) is 0 Å². The summed E-state index contributed by atoms with van der Waals surface area (Å²) in [6.07, 6.45) is 0.395. The lowest BCUT2D eigenvalue weighted by atomic mass is 9.80. The molecule has 1 atom stereocenters. The van der Waals surface area contributed by atoms with Crippen molar-refractivity contribution in [2.75, 3.05) is 32.7 Å². The second kappa shape index (κ2) is 9.97. The Balaban J connectivity index is 1.90. The van der Waals surface area contributed by atoms with Crippen LogP contribution in [-0.4, -0.2) is 32.8 Å². The molecule has 3 aromatic carbocycles. The van der Waals surface area contributed by atoms with Crippen LogP contribution >= 0.6 is 22.9 Å². The second-order valence-electron chi connectivity index (χ2n) is 8.79. The Hall–Kier alpha value is -3.73. The van der Waals surface area contributed by atoms with Gasteiger partial charge in [0.05, 0.1) is 42.8 Å². The molecular formula is C29H26ClN3O3S. The molecule has 0 fully saturated rings. The van der Waals surface area contributed by atoms with Crippen LogP contribution in [-0.2, 0) is 5.60 Å². The summed E-state index contributed by atoms with van der Waals surface area (Å²) in [5.74, 6) is 2.05. The average Bonchev–Trinajstić information content (AvgIpc) is 3.38. The lowest BCUT2D eigenvalue weighted by Gasteiger charge is -2.40. The molecule has 4 aromatic rings. The van der Waals surface area contributed by atoms with Gasteiger partial charge in [-0.25, -0.2) is 4.98 Å². The number of fused-ring (bicyclic) bond motifs is 3.